The number of hydrogen-bond acceptors (Lipinski definition) is 4. The molecule has 0 radical (unpaired) electrons. The second-order valence-electron chi connectivity index (χ2n) is 4.38. The summed E-state index contributed by atoms with van der Waals surface area (Å²) in [5, 5.41) is 8.78. The molecule has 2 heterocycles. The molecule has 1 aliphatic heterocycles. The fourth-order valence-corrected chi connectivity index (χ4v) is 1.90. The fraction of sp³-hybridized carbons (Fsp3) is 0.455. The van der Waals surface area contributed by atoms with E-state index in [1.54, 1.807) is 0 Å². The number of likely N-dealkylation sites (tertiary alicyclic amines) is 1. The Labute approximate surface area is 112 Å². The van der Waals surface area contributed by atoms with E-state index in [1.165, 1.54) is 6.07 Å². The third-order valence-corrected chi connectivity index (χ3v) is 2.82. The lowest BCUT2D eigenvalue weighted by Crippen LogP contribution is -2.29. The van der Waals surface area contributed by atoms with Crippen molar-refractivity contribution in [2.75, 3.05) is 18.8 Å². The van der Waals surface area contributed by atoms with Gasteiger partial charge >= 0.3 is 12.3 Å². The Balaban J connectivity index is 2.11. The first-order valence-corrected chi connectivity index (χ1v) is 5.75. The Morgan fingerprint density at radius 2 is 2.20 bits per heavy atom. The standard InChI is InChI=1S/C11H12F3N3O3/c12-11(13,14)8-3-6(15)4-9(16-8)20-7-1-2-17(5-7)10(18)19/h3-4,7H,1-2,5H2,(H2,15,16)(H,18,19)/t7-/m0/s1. The van der Waals surface area contributed by atoms with Gasteiger partial charge in [-0.1, -0.05) is 0 Å². The zero-order valence-electron chi connectivity index (χ0n) is 10.2. The molecule has 0 saturated carbocycles. The maximum absolute atomic E-state index is 12.6. The van der Waals surface area contributed by atoms with Crippen molar-refractivity contribution in [3.8, 4) is 5.88 Å². The van der Waals surface area contributed by atoms with Gasteiger partial charge < -0.3 is 20.5 Å². The van der Waals surface area contributed by atoms with Crippen LogP contribution >= 0.6 is 0 Å². The molecule has 0 spiro atoms. The Morgan fingerprint density at radius 3 is 2.75 bits per heavy atom. The first-order valence-electron chi connectivity index (χ1n) is 5.75. The molecular formula is C11H12F3N3O3. The van der Waals surface area contributed by atoms with E-state index in [0.29, 0.717) is 12.5 Å². The molecule has 1 fully saturated rings. The number of carboxylic acid groups (broad SMARTS) is 1. The van der Waals surface area contributed by atoms with Crippen LogP contribution < -0.4 is 10.5 Å². The van der Waals surface area contributed by atoms with Gasteiger partial charge in [0.05, 0.1) is 6.54 Å². The molecule has 1 amide bonds. The van der Waals surface area contributed by atoms with Crippen LogP contribution in [0, 0.1) is 0 Å². The average Bonchev–Trinajstić information content (AvgIpc) is 2.75. The van der Waals surface area contributed by atoms with Gasteiger partial charge in [-0.3, -0.25) is 0 Å². The SMILES string of the molecule is Nc1cc(O[C@H]2CCN(C(=O)O)C2)nc(C(F)(F)F)c1. The van der Waals surface area contributed by atoms with E-state index in [2.05, 4.69) is 4.98 Å². The molecule has 0 aromatic carbocycles. The number of rotatable bonds is 2. The van der Waals surface area contributed by atoms with Gasteiger partial charge in [-0.25, -0.2) is 9.78 Å². The largest absolute Gasteiger partial charge is 0.472 e. The predicted octanol–water partition coefficient (Wildman–Crippen LogP) is 1.81. The number of nitrogens with two attached hydrogens (primary N) is 1. The molecule has 1 atom stereocenters. The number of anilines is 1. The minimum Gasteiger partial charge on any atom is -0.472 e. The quantitative estimate of drug-likeness (QED) is 0.867. The zero-order chi connectivity index (χ0) is 14.9. The van der Waals surface area contributed by atoms with Crippen LogP contribution in [-0.4, -0.2) is 40.3 Å². The number of amides is 1. The summed E-state index contributed by atoms with van der Waals surface area (Å²) in [7, 11) is 0. The molecular weight excluding hydrogens is 279 g/mol. The fourth-order valence-electron chi connectivity index (χ4n) is 1.90. The van der Waals surface area contributed by atoms with Gasteiger partial charge in [0.1, 0.15) is 6.10 Å². The van der Waals surface area contributed by atoms with Crippen molar-refractivity contribution in [3.05, 3.63) is 17.8 Å². The van der Waals surface area contributed by atoms with E-state index in [-0.39, 0.29) is 24.7 Å². The molecule has 1 saturated heterocycles. The van der Waals surface area contributed by atoms with E-state index < -0.39 is 24.1 Å². The molecule has 9 heteroatoms. The van der Waals surface area contributed by atoms with Crippen LogP contribution in [0.4, 0.5) is 23.7 Å². The zero-order valence-corrected chi connectivity index (χ0v) is 10.2. The third kappa shape index (κ3) is 3.22. The maximum atomic E-state index is 12.6. The maximum Gasteiger partial charge on any atom is 0.433 e. The van der Waals surface area contributed by atoms with E-state index in [0.717, 1.165) is 4.90 Å². The second kappa shape index (κ2) is 5.06. The van der Waals surface area contributed by atoms with Gasteiger partial charge in [0.2, 0.25) is 5.88 Å². The lowest BCUT2D eigenvalue weighted by atomic mass is 10.3. The summed E-state index contributed by atoms with van der Waals surface area (Å²) >= 11 is 0. The van der Waals surface area contributed by atoms with Crippen LogP contribution in [0.3, 0.4) is 0 Å². The number of halogens is 3. The van der Waals surface area contributed by atoms with Crippen LogP contribution in [0.25, 0.3) is 0 Å². The highest BCUT2D eigenvalue weighted by molar-refractivity contribution is 5.65. The number of pyridine rings is 1. The van der Waals surface area contributed by atoms with Crippen molar-refractivity contribution in [1.29, 1.82) is 0 Å². The number of nitrogens with zero attached hydrogens (tertiary/aromatic N) is 2. The van der Waals surface area contributed by atoms with E-state index in [1.807, 2.05) is 0 Å². The lowest BCUT2D eigenvalue weighted by Gasteiger charge is -2.15. The molecule has 2 rings (SSSR count). The minimum absolute atomic E-state index is 0.0904. The topological polar surface area (TPSA) is 88.7 Å². The van der Waals surface area contributed by atoms with Gasteiger partial charge in [-0.2, -0.15) is 13.2 Å². The Hall–Kier alpha value is -2.19. The van der Waals surface area contributed by atoms with Crippen LogP contribution in [0.2, 0.25) is 0 Å². The minimum atomic E-state index is -4.61. The molecule has 110 valence electrons. The van der Waals surface area contributed by atoms with Gasteiger partial charge in [0, 0.05) is 24.7 Å². The second-order valence-corrected chi connectivity index (χ2v) is 4.38. The van der Waals surface area contributed by atoms with Crippen molar-refractivity contribution < 1.29 is 27.8 Å². The van der Waals surface area contributed by atoms with Crippen LogP contribution in [-0.2, 0) is 6.18 Å². The van der Waals surface area contributed by atoms with Crippen LogP contribution in [0.15, 0.2) is 12.1 Å². The lowest BCUT2D eigenvalue weighted by molar-refractivity contribution is -0.141. The summed E-state index contributed by atoms with van der Waals surface area (Å²) < 4.78 is 43.0. The van der Waals surface area contributed by atoms with Crippen molar-refractivity contribution in [2.45, 2.75) is 18.7 Å². The molecule has 0 unspecified atom stereocenters. The van der Waals surface area contributed by atoms with Crippen LogP contribution in [0.1, 0.15) is 12.1 Å². The normalized spacial score (nSPS) is 19.1. The number of aromatic nitrogens is 1. The molecule has 6 nitrogen and oxygen atoms in total. The molecule has 0 aliphatic carbocycles. The van der Waals surface area contributed by atoms with Crippen LogP contribution in [0.5, 0.6) is 5.88 Å². The third-order valence-electron chi connectivity index (χ3n) is 2.82. The summed E-state index contributed by atoms with van der Waals surface area (Å²) in [6.07, 6.45) is -5.84. The van der Waals surface area contributed by atoms with E-state index >= 15 is 0 Å². The Bertz CT molecular complexity index is 521. The summed E-state index contributed by atoms with van der Waals surface area (Å²) in [6, 6.07) is 1.89. The number of hydrogen-bond donors (Lipinski definition) is 2. The van der Waals surface area contributed by atoms with Gasteiger partial charge in [-0.05, 0) is 6.07 Å². The molecule has 0 bridgehead atoms. The smallest absolute Gasteiger partial charge is 0.433 e. The summed E-state index contributed by atoms with van der Waals surface area (Å²) in [4.78, 5) is 15.2. The number of alkyl halides is 3. The predicted molar refractivity (Wildman–Crippen MR) is 62.3 cm³/mol. The monoisotopic (exact) mass is 291 g/mol. The first-order chi connectivity index (χ1) is 9.25. The van der Waals surface area contributed by atoms with Gasteiger partial charge in [-0.15, -0.1) is 0 Å². The van der Waals surface area contributed by atoms with Crippen molar-refractivity contribution in [3.63, 3.8) is 0 Å². The number of nitrogen functional groups attached to an aromatic ring is 1. The molecule has 3 N–H and O–H groups in total. The molecule has 1 aromatic heterocycles. The van der Waals surface area contributed by atoms with Gasteiger partial charge in [0.15, 0.2) is 5.69 Å². The van der Waals surface area contributed by atoms with E-state index in [9.17, 15) is 18.0 Å². The molecule has 1 aliphatic rings. The highest BCUT2D eigenvalue weighted by atomic mass is 19.4. The Kier molecular flexibility index (Phi) is 3.60. The first kappa shape index (κ1) is 14.2. The van der Waals surface area contributed by atoms with Crippen molar-refractivity contribution in [2.24, 2.45) is 0 Å². The van der Waals surface area contributed by atoms with E-state index in [4.69, 9.17) is 15.6 Å². The Morgan fingerprint density at radius 1 is 1.50 bits per heavy atom. The number of ether oxygens (including phenoxy) is 1. The van der Waals surface area contributed by atoms with Gasteiger partial charge in [0.25, 0.3) is 0 Å². The van der Waals surface area contributed by atoms with Crippen molar-refractivity contribution >= 4 is 11.8 Å². The highest BCUT2D eigenvalue weighted by Crippen LogP contribution is 2.31. The summed E-state index contributed by atoms with van der Waals surface area (Å²) in [5.74, 6) is -0.255. The summed E-state index contributed by atoms with van der Waals surface area (Å²) in [5.41, 5.74) is 4.13. The summed E-state index contributed by atoms with van der Waals surface area (Å²) in [6.45, 7) is 0.363. The van der Waals surface area contributed by atoms with Crippen molar-refractivity contribution in [1.82, 2.24) is 9.88 Å². The average molecular weight is 291 g/mol. The number of carbonyl (C=O) groups is 1. The highest BCUT2D eigenvalue weighted by Gasteiger charge is 2.34. The molecule has 1 aromatic rings. The molecule has 20 heavy (non-hydrogen) atoms.